The zero-order valence-corrected chi connectivity index (χ0v) is 38.3. The Morgan fingerprint density at radius 3 is 1.11 bits per heavy atom. The maximum absolute atomic E-state index is 12.6. The van der Waals surface area contributed by atoms with Gasteiger partial charge in [0.2, 0.25) is 5.91 Å². The lowest BCUT2D eigenvalue weighted by molar-refractivity contribution is -0.122. The van der Waals surface area contributed by atoms with Crippen molar-refractivity contribution >= 4 is 16.0 Å². The Bertz CT molecular complexity index is 1080. The molecule has 6 nitrogen and oxygen atoms in total. The summed E-state index contributed by atoms with van der Waals surface area (Å²) in [5.41, 5.74) is 0. The second kappa shape index (κ2) is 43.9. The first kappa shape index (κ1) is 55.3. The van der Waals surface area contributed by atoms with Gasteiger partial charge in [-0.25, -0.2) is 0 Å². The molecule has 0 rings (SSSR count). The van der Waals surface area contributed by atoms with Crippen molar-refractivity contribution < 1.29 is 22.9 Å². The normalized spacial score (nSPS) is 13.5. The maximum Gasteiger partial charge on any atom is 0.267 e. The Kier molecular flexibility index (Phi) is 42.6. The van der Waals surface area contributed by atoms with Crippen molar-refractivity contribution in [3.8, 4) is 0 Å². The Hall–Kier alpha value is -1.70. The van der Waals surface area contributed by atoms with Gasteiger partial charge in [0.25, 0.3) is 10.1 Å². The average Bonchev–Trinajstić information content (AvgIpc) is 3.18. The van der Waals surface area contributed by atoms with Crippen molar-refractivity contribution in [2.45, 2.75) is 257 Å². The molecule has 2 atom stereocenters. The van der Waals surface area contributed by atoms with Crippen molar-refractivity contribution in [1.82, 2.24) is 5.32 Å². The summed E-state index contributed by atoms with van der Waals surface area (Å²) in [6.07, 6.45) is 59.7. The van der Waals surface area contributed by atoms with E-state index < -0.39 is 28.0 Å². The molecule has 334 valence electrons. The molecular formula is C50H93NO5S. The smallest absolute Gasteiger partial charge is 0.267 e. The van der Waals surface area contributed by atoms with Gasteiger partial charge in [-0.1, -0.05) is 217 Å². The van der Waals surface area contributed by atoms with Crippen LogP contribution in [-0.4, -0.2) is 41.9 Å². The SMILES string of the molecule is CCCCCCCCCC/C=C\CCCCCCCCCCCCCC(=O)NC(CS(=O)(=O)O)C(O)/C=C/CC/C=C/CC/C=C/CCCCCCCCCCC. The van der Waals surface area contributed by atoms with E-state index >= 15 is 0 Å². The summed E-state index contributed by atoms with van der Waals surface area (Å²) in [6, 6.07) is -1.08. The van der Waals surface area contributed by atoms with Crippen molar-refractivity contribution in [2.75, 3.05) is 5.75 Å². The Morgan fingerprint density at radius 2 is 0.754 bits per heavy atom. The minimum atomic E-state index is -4.36. The van der Waals surface area contributed by atoms with Crippen LogP contribution in [0.15, 0.2) is 48.6 Å². The van der Waals surface area contributed by atoms with Gasteiger partial charge in [-0.05, 0) is 70.6 Å². The van der Waals surface area contributed by atoms with Crippen molar-refractivity contribution in [2.24, 2.45) is 0 Å². The van der Waals surface area contributed by atoms with E-state index in [1.165, 1.54) is 186 Å². The lowest BCUT2D eigenvalue weighted by atomic mass is 10.0. The molecular weight excluding hydrogens is 727 g/mol. The highest BCUT2D eigenvalue weighted by molar-refractivity contribution is 7.85. The second-order valence-electron chi connectivity index (χ2n) is 16.7. The first-order valence-corrected chi connectivity index (χ1v) is 25.9. The van der Waals surface area contributed by atoms with Crippen LogP contribution in [0.1, 0.15) is 245 Å². The largest absolute Gasteiger partial charge is 0.387 e. The molecule has 57 heavy (non-hydrogen) atoms. The van der Waals surface area contributed by atoms with Gasteiger partial charge in [0, 0.05) is 6.42 Å². The van der Waals surface area contributed by atoms with Crippen LogP contribution in [0.5, 0.6) is 0 Å². The third-order valence-corrected chi connectivity index (χ3v) is 11.7. The van der Waals surface area contributed by atoms with Gasteiger partial charge in [-0.3, -0.25) is 9.35 Å². The van der Waals surface area contributed by atoms with E-state index in [9.17, 15) is 22.9 Å². The average molecular weight is 820 g/mol. The van der Waals surface area contributed by atoms with Gasteiger partial charge in [0.1, 0.15) is 0 Å². The quantitative estimate of drug-likeness (QED) is 0.0323. The number of carbonyl (C=O) groups is 1. The number of carbonyl (C=O) groups excluding carboxylic acids is 1. The monoisotopic (exact) mass is 820 g/mol. The van der Waals surface area contributed by atoms with Crippen LogP contribution in [0.3, 0.4) is 0 Å². The number of allylic oxidation sites excluding steroid dienone is 7. The van der Waals surface area contributed by atoms with Gasteiger partial charge in [0.15, 0.2) is 0 Å². The van der Waals surface area contributed by atoms with Crippen molar-refractivity contribution in [3.63, 3.8) is 0 Å². The number of rotatable bonds is 44. The van der Waals surface area contributed by atoms with Crippen molar-refractivity contribution in [3.05, 3.63) is 48.6 Å². The topological polar surface area (TPSA) is 104 Å². The summed E-state index contributed by atoms with van der Waals surface area (Å²) in [7, 11) is -4.36. The fourth-order valence-corrected chi connectivity index (χ4v) is 8.04. The molecule has 0 aliphatic carbocycles. The van der Waals surface area contributed by atoms with E-state index in [1.54, 1.807) is 6.08 Å². The molecule has 0 spiro atoms. The first-order chi connectivity index (χ1) is 27.8. The lowest BCUT2D eigenvalue weighted by Gasteiger charge is -2.21. The third kappa shape index (κ3) is 45.2. The number of hydrogen-bond donors (Lipinski definition) is 3. The highest BCUT2D eigenvalue weighted by atomic mass is 32.2. The van der Waals surface area contributed by atoms with Gasteiger partial charge >= 0.3 is 0 Å². The van der Waals surface area contributed by atoms with E-state index in [0.29, 0.717) is 6.42 Å². The van der Waals surface area contributed by atoms with Crippen LogP contribution >= 0.6 is 0 Å². The van der Waals surface area contributed by atoms with Gasteiger partial charge in [-0.2, -0.15) is 8.42 Å². The number of nitrogens with one attached hydrogen (secondary N) is 1. The lowest BCUT2D eigenvalue weighted by Crippen LogP contribution is -2.46. The number of amides is 1. The molecule has 0 radical (unpaired) electrons. The van der Waals surface area contributed by atoms with Crippen LogP contribution in [0.25, 0.3) is 0 Å². The molecule has 0 saturated heterocycles. The standard InChI is InChI=1S/C50H93NO5S/c1-3-5-7-9-11-13-15-17-19-21-23-24-25-26-28-30-32-34-36-38-40-42-44-46-50(53)51-48(47-57(54,55)56)49(52)45-43-41-39-37-35-33-31-29-27-22-20-18-16-14-12-10-8-6-4-2/h21,23,27,29,35,37,43,45,48-49,52H,3-20,22,24-26,28,30-34,36,38-42,44,46-47H2,1-2H3,(H,51,53)(H,54,55,56)/b23-21-,29-27+,37-35+,45-43+. The summed E-state index contributed by atoms with van der Waals surface area (Å²) < 4.78 is 32.6. The Morgan fingerprint density at radius 1 is 0.456 bits per heavy atom. The summed E-state index contributed by atoms with van der Waals surface area (Å²) >= 11 is 0. The zero-order chi connectivity index (χ0) is 41.8. The van der Waals surface area contributed by atoms with E-state index in [0.717, 1.165) is 38.5 Å². The van der Waals surface area contributed by atoms with Gasteiger partial charge in [0.05, 0.1) is 17.9 Å². The second-order valence-corrected chi connectivity index (χ2v) is 18.2. The summed E-state index contributed by atoms with van der Waals surface area (Å²) in [5.74, 6) is -1.01. The minimum absolute atomic E-state index is 0.284. The molecule has 2 unspecified atom stereocenters. The molecule has 7 heteroatoms. The van der Waals surface area contributed by atoms with E-state index in [-0.39, 0.29) is 12.3 Å². The number of aliphatic hydroxyl groups excluding tert-OH is 1. The molecule has 0 aliphatic rings. The number of aliphatic hydroxyl groups is 1. The van der Waals surface area contributed by atoms with Gasteiger partial charge < -0.3 is 10.4 Å². The molecule has 0 aromatic heterocycles. The van der Waals surface area contributed by atoms with Crippen LogP contribution in [0.2, 0.25) is 0 Å². The van der Waals surface area contributed by atoms with Crippen LogP contribution in [0.4, 0.5) is 0 Å². The minimum Gasteiger partial charge on any atom is -0.387 e. The molecule has 0 aliphatic heterocycles. The Labute approximate surface area is 354 Å². The molecule has 3 N–H and O–H groups in total. The molecule has 1 amide bonds. The van der Waals surface area contributed by atoms with E-state index in [4.69, 9.17) is 0 Å². The molecule has 0 bridgehead atoms. The number of unbranched alkanes of at least 4 members (excludes halogenated alkanes) is 30. The molecule has 0 aromatic rings. The van der Waals surface area contributed by atoms with E-state index in [1.807, 2.05) is 0 Å². The Balaban J connectivity index is 3.87. The highest BCUT2D eigenvalue weighted by Crippen LogP contribution is 2.15. The van der Waals surface area contributed by atoms with Crippen LogP contribution in [-0.2, 0) is 14.9 Å². The molecule has 0 aromatic carbocycles. The third-order valence-electron chi connectivity index (χ3n) is 11.0. The molecule has 0 saturated carbocycles. The molecule has 0 heterocycles. The van der Waals surface area contributed by atoms with Crippen molar-refractivity contribution in [1.29, 1.82) is 0 Å². The first-order valence-electron chi connectivity index (χ1n) is 24.3. The molecule has 0 fully saturated rings. The van der Waals surface area contributed by atoms with E-state index in [2.05, 4.69) is 55.6 Å². The zero-order valence-electron chi connectivity index (χ0n) is 37.5. The van der Waals surface area contributed by atoms with Crippen LogP contribution < -0.4 is 5.32 Å². The number of hydrogen-bond acceptors (Lipinski definition) is 4. The van der Waals surface area contributed by atoms with Crippen LogP contribution in [0, 0.1) is 0 Å². The highest BCUT2D eigenvalue weighted by Gasteiger charge is 2.24. The predicted molar refractivity (Wildman–Crippen MR) is 248 cm³/mol. The van der Waals surface area contributed by atoms with Gasteiger partial charge in [-0.15, -0.1) is 0 Å². The fourth-order valence-electron chi connectivity index (χ4n) is 7.30. The summed E-state index contributed by atoms with van der Waals surface area (Å²) in [4.78, 5) is 12.6. The maximum atomic E-state index is 12.6. The summed E-state index contributed by atoms with van der Waals surface area (Å²) in [5, 5.41) is 13.3. The predicted octanol–water partition coefficient (Wildman–Crippen LogP) is 15.0. The fraction of sp³-hybridized carbons (Fsp3) is 0.820. The summed E-state index contributed by atoms with van der Waals surface area (Å²) in [6.45, 7) is 4.54.